The number of aliphatic hydroxyl groups is 1. The Balaban J connectivity index is 2.27. The molecule has 1 aliphatic rings. The Morgan fingerprint density at radius 3 is 2.53 bits per heavy atom. The minimum Gasteiger partial charge on any atom is -0.393 e. The average molecular weight is 204 g/mol. The zero-order chi connectivity index (χ0) is 10.9. The molecule has 82 valence electrons. The third-order valence-corrected chi connectivity index (χ3v) is 4.14. The van der Waals surface area contributed by atoms with E-state index in [-0.39, 0.29) is 11.5 Å². The third-order valence-electron chi connectivity index (χ3n) is 4.14. The van der Waals surface area contributed by atoms with Crippen LogP contribution in [0.25, 0.3) is 0 Å². The molecule has 1 aliphatic carbocycles. The number of benzene rings is 1. The molecule has 0 aliphatic heterocycles. The Morgan fingerprint density at radius 2 is 1.93 bits per heavy atom. The molecule has 1 heteroatoms. The van der Waals surface area contributed by atoms with Crippen LogP contribution >= 0.6 is 0 Å². The Labute approximate surface area is 92.1 Å². The van der Waals surface area contributed by atoms with Crippen molar-refractivity contribution in [3.63, 3.8) is 0 Å². The largest absolute Gasteiger partial charge is 0.393 e. The zero-order valence-corrected chi connectivity index (χ0v) is 9.61. The molecule has 2 rings (SSSR count). The molecule has 1 N–H and O–H groups in total. The molecule has 0 amide bonds. The van der Waals surface area contributed by atoms with E-state index in [4.69, 9.17) is 0 Å². The van der Waals surface area contributed by atoms with Gasteiger partial charge < -0.3 is 5.11 Å². The van der Waals surface area contributed by atoms with Gasteiger partial charge >= 0.3 is 0 Å². The molecule has 1 aromatic rings. The summed E-state index contributed by atoms with van der Waals surface area (Å²) in [4.78, 5) is 0. The van der Waals surface area contributed by atoms with Gasteiger partial charge in [0.25, 0.3) is 0 Å². The molecule has 0 heterocycles. The van der Waals surface area contributed by atoms with E-state index in [1.54, 1.807) is 0 Å². The summed E-state index contributed by atoms with van der Waals surface area (Å²) in [5.41, 5.74) is 1.67. The molecule has 1 saturated carbocycles. The van der Waals surface area contributed by atoms with E-state index in [2.05, 4.69) is 44.2 Å². The van der Waals surface area contributed by atoms with Crippen molar-refractivity contribution in [1.82, 2.24) is 0 Å². The maximum atomic E-state index is 9.66. The zero-order valence-electron chi connectivity index (χ0n) is 9.61. The van der Waals surface area contributed by atoms with Crippen LogP contribution < -0.4 is 0 Å². The highest BCUT2D eigenvalue weighted by molar-refractivity contribution is 5.26. The Bertz CT molecular complexity index is 319. The fourth-order valence-corrected chi connectivity index (χ4v) is 2.75. The van der Waals surface area contributed by atoms with Crippen LogP contribution in [-0.2, 0) is 5.41 Å². The van der Waals surface area contributed by atoms with E-state index in [0.717, 1.165) is 19.3 Å². The standard InChI is InChI=1S/C14H20O/c1-11-10-13(15)8-9-14(11,2)12-6-4-3-5-7-12/h3-7,11,13,15H,8-10H2,1-2H3. The Hall–Kier alpha value is -0.820. The van der Waals surface area contributed by atoms with Crippen LogP contribution in [0.3, 0.4) is 0 Å². The van der Waals surface area contributed by atoms with Gasteiger partial charge in [0.1, 0.15) is 0 Å². The van der Waals surface area contributed by atoms with Crippen LogP contribution in [0.2, 0.25) is 0 Å². The van der Waals surface area contributed by atoms with Crippen molar-refractivity contribution in [2.75, 3.05) is 0 Å². The molecule has 1 nitrogen and oxygen atoms in total. The summed E-state index contributed by atoms with van der Waals surface area (Å²) in [6.45, 7) is 4.59. The van der Waals surface area contributed by atoms with Crippen LogP contribution in [0.4, 0.5) is 0 Å². The van der Waals surface area contributed by atoms with Gasteiger partial charge in [0.05, 0.1) is 6.10 Å². The Morgan fingerprint density at radius 1 is 1.27 bits per heavy atom. The second-order valence-electron chi connectivity index (χ2n) is 5.11. The van der Waals surface area contributed by atoms with Gasteiger partial charge in [-0.1, -0.05) is 44.2 Å². The molecular weight excluding hydrogens is 184 g/mol. The second kappa shape index (κ2) is 3.97. The van der Waals surface area contributed by atoms with E-state index in [1.807, 2.05) is 0 Å². The third kappa shape index (κ3) is 1.93. The molecule has 0 saturated heterocycles. The molecular formula is C14H20O. The smallest absolute Gasteiger partial charge is 0.0543 e. The van der Waals surface area contributed by atoms with Crippen molar-refractivity contribution in [2.45, 2.75) is 44.6 Å². The summed E-state index contributed by atoms with van der Waals surface area (Å²) >= 11 is 0. The van der Waals surface area contributed by atoms with Crippen LogP contribution in [-0.4, -0.2) is 11.2 Å². The van der Waals surface area contributed by atoms with Gasteiger partial charge in [0, 0.05) is 0 Å². The highest BCUT2D eigenvalue weighted by Gasteiger charge is 2.37. The summed E-state index contributed by atoms with van der Waals surface area (Å²) in [5.74, 6) is 0.559. The van der Waals surface area contributed by atoms with Gasteiger partial charge in [-0.05, 0) is 36.2 Å². The van der Waals surface area contributed by atoms with Gasteiger partial charge in [0.2, 0.25) is 0 Å². The van der Waals surface area contributed by atoms with Crippen molar-refractivity contribution in [2.24, 2.45) is 5.92 Å². The first-order valence-electron chi connectivity index (χ1n) is 5.86. The fraction of sp³-hybridized carbons (Fsp3) is 0.571. The van der Waals surface area contributed by atoms with Crippen molar-refractivity contribution in [3.8, 4) is 0 Å². The van der Waals surface area contributed by atoms with Crippen LogP contribution in [0, 0.1) is 5.92 Å². The van der Waals surface area contributed by atoms with Gasteiger partial charge in [0.15, 0.2) is 0 Å². The summed E-state index contributed by atoms with van der Waals surface area (Å²) in [5, 5.41) is 9.66. The Kier molecular flexibility index (Phi) is 2.83. The van der Waals surface area contributed by atoms with Gasteiger partial charge in [-0.2, -0.15) is 0 Å². The first-order chi connectivity index (χ1) is 7.13. The maximum Gasteiger partial charge on any atom is 0.0543 e. The van der Waals surface area contributed by atoms with Crippen molar-refractivity contribution < 1.29 is 5.11 Å². The van der Waals surface area contributed by atoms with Crippen LogP contribution in [0.15, 0.2) is 30.3 Å². The molecule has 1 aromatic carbocycles. The number of hydrogen-bond donors (Lipinski definition) is 1. The molecule has 3 atom stereocenters. The molecule has 15 heavy (non-hydrogen) atoms. The fourth-order valence-electron chi connectivity index (χ4n) is 2.75. The average Bonchev–Trinajstić information content (AvgIpc) is 2.25. The van der Waals surface area contributed by atoms with E-state index in [9.17, 15) is 5.11 Å². The van der Waals surface area contributed by atoms with Crippen molar-refractivity contribution >= 4 is 0 Å². The lowest BCUT2D eigenvalue weighted by Crippen LogP contribution is -2.38. The van der Waals surface area contributed by atoms with Crippen molar-refractivity contribution in [1.29, 1.82) is 0 Å². The lowest BCUT2D eigenvalue weighted by Gasteiger charge is -2.42. The number of hydrogen-bond acceptors (Lipinski definition) is 1. The molecule has 3 unspecified atom stereocenters. The second-order valence-corrected chi connectivity index (χ2v) is 5.11. The summed E-state index contributed by atoms with van der Waals surface area (Å²) in [6.07, 6.45) is 2.89. The predicted molar refractivity (Wildman–Crippen MR) is 62.8 cm³/mol. The minimum absolute atomic E-state index is 0.0863. The van der Waals surface area contributed by atoms with E-state index in [0.29, 0.717) is 5.92 Å². The summed E-state index contributed by atoms with van der Waals surface area (Å²) in [7, 11) is 0. The molecule has 1 fully saturated rings. The minimum atomic E-state index is -0.0863. The predicted octanol–water partition coefficient (Wildman–Crippen LogP) is 3.13. The molecule has 0 spiro atoms. The van der Waals surface area contributed by atoms with Gasteiger partial charge in [-0.3, -0.25) is 0 Å². The molecule has 0 aromatic heterocycles. The monoisotopic (exact) mass is 204 g/mol. The number of rotatable bonds is 1. The first kappa shape index (κ1) is 10.7. The van der Waals surface area contributed by atoms with Gasteiger partial charge in [-0.15, -0.1) is 0 Å². The molecule has 0 radical (unpaired) electrons. The normalized spacial score (nSPS) is 36.5. The SMILES string of the molecule is CC1CC(O)CCC1(C)c1ccccc1. The van der Waals surface area contributed by atoms with Crippen LogP contribution in [0.1, 0.15) is 38.7 Å². The maximum absolute atomic E-state index is 9.66. The lowest BCUT2D eigenvalue weighted by molar-refractivity contribution is 0.0641. The first-order valence-corrected chi connectivity index (χ1v) is 5.86. The highest BCUT2D eigenvalue weighted by atomic mass is 16.3. The quantitative estimate of drug-likeness (QED) is 0.745. The summed E-state index contributed by atoms with van der Waals surface area (Å²) < 4.78 is 0. The summed E-state index contributed by atoms with van der Waals surface area (Å²) in [6, 6.07) is 10.7. The van der Waals surface area contributed by atoms with E-state index >= 15 is 0 Å². The van der Waals surface area contributed by atoms with E-state index < -0.39 is 0 Å². The molecule has 0 bridgehead atoms. The number of aliphatic hydroxyl groups excluding tert-OH is 1. The van der Waals surface area contributed by atoms with E-state index in [1.165, 1.54) is 5.56 Å². The highest BCUT2D eigenvalue weighted by Crippen LogP contribution is 2.43. The van der Waals surface area contributed by atoms with Crippen molar-refractivity contribution in [3.05, 3.63) is 35.9 Å². The van der Waals surface area contributed by atoms with Crippen LogP contribution in [0.5, 0.6) is 0 Å². The topological polar surface area (TPSA) is 20.2 Å². The lowest BCUT2D eigenvalue weighted by atomic mass is 9.64. The van der Waals surface area contributed by atoms with Gasteiger partial charge in [-0.25, -0.2) is 0 Å².